The van der Waals surface area contributed by atoms with Crippen molar-refractivity contribution in [3.63, 3.8) is 0 Å². The van der Waals surface area contributed by atoms with Crippen LogP contribution in [0.15, 0.2) is 60.7 Å². The van der Waals surface area contributed by atoms with E-state index in [9.17, 15) is 5.21 Å². The molecule has 2 rings (SSSR count). The summed E-state index contributed by atoms with van der Waals surface area (Å²) in [5.41, 5.74) is 2.68. The van der Waals surface area contributed by atoms with Gasteiger partial charge in [0.25, 0.3) is 0 Å². The molecule has 2 aromatic rings. The van der Waals surface area contributed by atoms with E-state index in [4.69, 9.17) is 0 Å². The Morgan fingerprint density at radius 2 is 1.05 bits per heavy atom. The molecule has 0 aliphatic rings. The van der Waals surface area contributed by atoms with Crippen LogP contribution in [0.3, 0.4) is 0 Å². The SMILES string of the molecule is ON(CCCc1ccccc1)CCCc1ccccc1. The number of benzene rings is 2. The molecule has 0 saturated heterocycles. The number of hydrogen-bond donors (Lipinski definition) is 1. The highest BCUT2D eigenvalue weighted by Crippen LogP contribution is 2.05. The minimum atomic E-state index is 0.740. The van der Waals surface area contributed by atoms with E-state index >= 15 is 0 Å². The summed E-state index contributed by atoms with van der Waals surface area (Å²) in [6.07, 6.45) is 4.03. The molecule has 0 aromatic heterocycles. The number of nitrogens with zero attached hydrogens (tertiary/aromatic N) is 1. The quantitative estimate of drug-likeness (QED) is 0.734. The number of hydrogen-bond acceptors (Lipinski definition) is 2. The molecule has 2 aromatic carbocycles. The Morgan fingerprint density at radius 3 is 1.45 bits per heavy atom. The summed E-state index contributed by atoms with van der Waals surface area (Å²) in [5.74, 6) is 0. The highest BCUT2D eigenvalue weighted by molar-refractivity contribution is 5.15. The normalized spacial score (nSPS) is 10.9. The lowest BCUT2D eigenvalue weighted by Crippen LogP contribution is -2.22. The molecule has 2 nitrogen and oxygen atoms in total. The zero-order valence-corrected chi connectivity index (χ0v) is 11.9. The second-order valence-corrected chi connectivity index (χ2v) is 5.13. The third kappa shape index (κ3) is 5.55. The lowest BCUT2D eigenvalue weighted by Gasteiger charge is -2.14. The van der Waals surface area contributed by atoms with Crippen LogP contribution in [0.4, 0.5) is 0 Å². The van der Waals surface area contributed by atoms with Gasteiger partial charge in [0.2, 0.25) is 0 Å². The minimum Gasteiger partial charge on any atom is -0.314 e. The summed E-state index contributed by atoms with van der Waals surface area (Å²) in [5, 5.41) is 11.3. The lowest BCUT2D eigenvalue weighted by molar-refractivity contribution is -0.0916. The van der Waals surface area contributed by atoms with Crippen LogP contribution in [0.2, 0.25) is 0 Å². The van der Waals surface area contributed by atoms with Crippen LogP contribution in [0.25, 0.3) is 0 Å². The van der Waals surface area contributed by atoms with Gasteiger partial charge < -0.3 is 5.21 Å². The van der Waals surface area contributed by atoms with Crippen molar-refractivity contribution < 1.29 is 5.21 Å². The van der Waals surface area contributed by atoms with Gasteiger partial charge in [-0.15, -0.1) is 0 Å². The molecule has 1 N–H and O–H groups in total. The summed E-state index contributed by atoms with van der Waals surface area (Å²) in [4.78, 5) is 0. The molecule has 0 amide bonds. The van der Waals surface area contributed by atoms with E-state index in [1.807, 2.05) is 12.1 Å². The van der Waals surface area contributed by atoms with Crippen LogP contribution >= 0.6 is 0 Å². The fourth-order valence-electron chi connectivity index (χ4n) is 2.33. The van der Waals surface area contributed by atoms with Crippen LogP contribution in [-0.2, 0) is 12.8 Å². The van der Waals surface area contributed by atoms with Crippen LogP contribution in [-0.4, -0.2) is 23.4 Å². The van der Waals surface area contributed by atoms with E-state index in [0.717, 1.165) is 38.8 Å². The first-order valence-electron chi connectivity index (χ1n) is 7.36. The highest BCUT2D eigenvalue weighted by Gasteiger charge is 2.01. The van der Waals surface area contributed by atoms with Gasteiger partial charge in [-0.3, -0.25) is 0 Å². The van der Waals surface area contributed by atoms with Crippen molar-refractivity contribution >= 4 is 0 Å². The fraction of sp³-hybridized carbons (Fsp3) is 0.333. The summed E-state index contributed by atoms with van der Waals surface area (Å²) in [6.45, 7) is 1.48. The van der Waals surface area contributed by atoms with Gasteiger partial charge in [0.1, 0.15) is 0 Å². The van der Waals surface area contributed by atoms with Crippen molar-refractivity contribution in [1.29, 1.82) is 0 Å². The second-order valence-electron chi connectivity index (χ2n) is 5.13. The van der Waals surface area contributed by atoms with Crippen molar-refractivity contribution in [1.82, 2.24) is 5.06 Å². The first-order chi connectivity index (χ1) is 9.84. The Balaban J connectivity index is 1.58. The maximum Gasteiger partial charge on any atom is 0.0241 e. The Morgan fingerprint density at radius 1 is 0.650 bits per heavy atom. The van der Waals surface area contributed by atoms with Gasteiger partial charge in [-0.25, -0.2) is 0 Å². The van der Waals surface area contributed by atoms with E-state index in [0.29, 0.717) is 0 Å². The van der Waals surface area contributed by atoms with E-state index in [2.05, 4.69) is 48.5 Å². The molecule has 0 aliphatic carbocycles. The molecule has 0 radical (unpaired) electrons. The summed E-state index contributed by atoms with van der Waals surface area (Å²) < 4.78 is 0. The second kappa shape index (κ2) is 8.51. The lowest BCUT2D eigenvalue weighted by atomic mass is 10.1. The zero-order chi connectivity index (χ0) is 14.0. The molecule has 2 heteroatoms. The van der Waals surface area contributed by atoms with Crippen molar-refractivity contribution in [3.05, 3.63) is 71.8 Å². The van der Waals surface area contributed by atoms with Crippen LogP contribution < -0.4 is 0 Å². The van der Waals surface area contributed by atoms with Gasteiger partial charge >= 0.3 is 0 Å². The van der Waals surface area contributed by atoms with Crippen LogP contribution in [0.1, 0.15) is 24.0 Å². The Kier molecular flexibility index (Phi) is 6.28. The third-order valence-electron chi connectivity index (χ3n) is 3.45. The Labute approximate surface area is 121 Å². The molecule has 0 fully saturated rings. The van der Waals surface area contributed by atoms with Crippen molar-refractivity contribution in [2.75, 3.05) is 13.1 Å². The molecule has 20 heavy (non-hydrogen) atoms. The molecule has 0 unspecified atom stereocenters. The maximum atomic E-state index is 9.84. The molecular weight excluding hydrogens is 246 g/mol. The fourth-order valence-corrected chi connectivity index (χ4v) is 2.33. The molecule has 0 saturated carbocycles. The third-order valence-corrected chi connectivity index (χ3v) is 3.45. The summed E-state index contributed by atoms with van der Waals surface area (Å²) in [7, 11) is 0. The van der Waals surface area contributed by atoms with Crippen molar-refractivity contribution in [2.24, 2.45) is 0 Å². The molecule has 0 spiro atoms. The number of aryl methyl sites for hydroxylation is 2. The standard InChI is InChI=1S/C18H23NO/c20-19(15-7-13-17-9-3-1-4-10-17)16-8-14-18-11-5-2-6-12-18/h1-6,9-12,20H,7-8,13-16H2. The monoisotopic (exact) mass is 269 g/mol. The van der Waals surface area contributed by atoms with Crippen molar-refractivity contribution in [3.8, 4) is 0 Å². The zero-order valence-electron chi connectivity index (χ0n) is 11.9. The number of rotatable bonds is 8. The van der Waals surface area contributed by atoms with Gasteiger partial charge in [-0.1, -0.05) is 60.7 Å². The van der Waals surface area contributed by atoms with Crippen LogP contribution in [0, 0.1) is 0 Å². The molecule has 0 bridgehead atoms. The first-order valence-corrected chi connectivity index (χ1v) is 7.36. The van der Waals surface area contributed by atoms with Crippen molar-refractivity contribution in [2.45, 2.75) is 25.7 Å². The van der Waals surface area contributed by atoms with Crippen LogP contribution in [0.5, 0.6) is 0 Å². The first kappa shape index (κ1) is 14.8. The topological polar surface area (TPSA) is 23.5 Å². The highest BCUT2D eigenvalue weighted by atomic mass is 16.5. The largest absolute Gasteiger partial charge is 0.314 e. The summed E-state index contributed by atoms with van der Waals surface area (Å²) >= 11 is 0. The maximum absolute atomic E-state index is 9.84. The average Bonchev–Trinajstić information content (AvgIpc) is 2.49. The van der Waals surface area contributed by atoms with Gasteiger partial charge in [-0.05, 0) is 36.8 Å². The smallest absolute Gasteiger partial charge is 0.0241 e. The van der Waals surface area contributed by atoms with Gasteiger partial charge in [0, 0.05) is 13.1 Å². The molecular formula is C18H23NO. The molecule has 106 valence electrons. The van der Waals surface area contributed by atoms with E-state index < -0.39 is 0 Å². The molecule has 0 aliphatic heterocycles. The Bertz CT molecular complexity index is 424. The predicted octanol–water partition coefficient (Wildman–Crippen LogP) is 3.94. The van der Waals surface area contributed by atoms with E-state index in [1.165, 1.54) is 16.2 Å². The van der Waals surface area contributed by atoms with Gasteiger partial charge in [0.05, 0.1) is 0 Å². The van der Waals surface area contributed by atoms with Gasteiger partial charge in [0.15, 0.2) is 0 Å². The van der Waals surface area contributed by atoms with E-state index in [1.54, 1.807) is 0 Å². The molecule has 0 atom stereocenters. The minimum absolute atomic E-state index is 0.740. The Hall–Kier alpha value is -1.64. The number of hydroxylamine groups is 2. The molecule has 0 heterocycles. The van der Waals surface area contributed by atoms with Gasteiger partial charge in [-0.2, -0.15) is 5.06 Å². The average molecular weight is 269 g/mol. The summed E-state index contributed by atoms with van der Waals surface area (Å²) in [6, 6.07) is 20.9. The van der Waals surface area contributed by atoms with E-state index in [-0.39, 0.29) is 0 Å². The predicted molar refractivity (Wildman–Crippen MR) is 82.9 cm³/mol.